The fourth-order valence-corrected chi connectivity index (χ4v) is 0.692. The Kier molecular flexibility index (Phi) is 2.68. The van der Waals surface area contributed by atoms with Crippen LogP contribution < -0.4 is 4.74 Å². The molecule has 0 aliphatic carbocycles. The SMILES string of the molecule is COC(=O)Cc1cc(OC)on1. The molecule has 66 valence electrons. The molecule has 0 aliphatic rings. The molecular formula is C7H9NO4. The molecule has 0 fully saturated rings. The number of aromatic nitrogens is 1. The maximum atomic E-state index is 10.7. The number of nitrogens with zero attached hydrogens (tertiary/aromatic N) is 1. The topological polar surface area (TPSA) is 61.6 Å². The smallest absolute Gasteiger partial charge is 0.311 e. The Balaban J connectivity index is 2.58. The molecule has 0 radical (unpaired) electrons. The number of carbonyl (C=O) groups excluding carboxylic acids is 1. The van der Waals surface area contributed by atoms with E-state index < -0.39 is 0 Å². The molecule has 0 aliphatic heterocycles. The molecule has 5 heteroatoms. The average molecular weight is 171 g/mol. The van der Waals surface area contributed by atoms with Crippen LogP contribution >= 0.6 is 0 Å². The first-order chi connectivity index (χ1) is 5.76. The van der Waals surface area contributed by atoms with Gasteiger partial charge in [-0.1, -0.05) is 5.16 Å². The van der Waals surface area contributed by atoms with Gasteiger partial charge in [0, 0.05) is 6.07 Å². The quantitative estimate of drug-likeness (QED) is 0.616. The molecule has 1 rings (SSSR count). The van der Waals surface area contributed by atoms with Crippen LogP contribution in [-0.4, -0.2) is 25.3 Å². The standard InChI is InChI=1S/C7H9NO4/c1-10-6(9)3-5-4-7(11-2)12-8-5/h4H,3H2,1-2H3. The second-order valence-electron chi connectivity index (χ2n) is 2.09. The lowest BCUT2D eigenvalue weighted by Gasteiger charge is -1.91. The van der Waals surface area contributed by atoms with Crippen LogP contribution in [0.3, 0.4) is 0 Å². The van der Waals surface area contributed by atoms with E-state index in [0.29, 0.717) is 5.69 Å². The molecule has 0 saturated heterocycles. The highest BCUT2D eigenvalue weighted by atomic mass is 16.6. The minimum Gasteiger partial charge on any atom is -0.469 e. The number of carbonyl (C=O) groups is 1. The Morgan fingerprint density at radius 1 is 1.67 bits per heavy atom. The number of methoxy groups -OCH3 is 2. The van der Waals surface area contributed by atoms with Crippen molar-refractivity contribution in [1.29, 1.82) is 0 Å². The molecule has 0 bridgehead atoms. The van der Waals surface area contributed by atoms with Gasteiger partial charge in [0.2, 0.25) is 0 Å². The van der Waals surface area contributed by atoms with Gasteiger partial charge >= 0.3 is 11.9 Å². The van der Waals surface area contributed by atoms with Crippen LogP contribution in [0.25, 0.3) is 0 Å². The van der Waals surface area contributed by atoms with Gasteiger partial charge in [-0.25, -0.2) is 0 Å². The van der Waals surface area contributed by atoms with Crippen molar-refractivity contribution in [2.75, 3.05) is 14.2 Å². The predicted octanol–water partition coefficient (Wildman–Crippen LogP) is 0.399. The summed E-state index contributed by atoms with van der Waals surface area (Å²) in [7, 11) is 2.78. The summed E-state index contributed by atoms with van der Waals surface area (Å²) in [6, 6.07) is 1.54. The highest BCUT2D eigenvalue weighted by Gasteiger charge is 2.08. The van der Waals surface area contributed by atoms with Crippen LogP contribution in [0.4, 0.5) is 0 Å². The summed E-state index contributed by atoms with van der Waals surface area (Å²) in [5.74, 6) is -0.0696. The van der Waals surface area contributed by atoms with E-state index in [4.69, 9.17) is 4.74 Å². The minimum atomic E-state index is -0.356. The van der Waals surface area contributed by atoms with E-state index in [0.717, 1.165) is 0 Å². The minimum absolute atomic E-state index is 0.101. The lowest BCUT2D eigenvalue weighted by molar-refractivity contribution is -0.139. The third kappa shape index (κ3) is 1.98. The van der Waals surface area contributed by atoms with Crippen molar-refractivity contribution in [3.05, 3.63) is 11.8 Å². The number of rotatable bonds is 3. The van der Waals surface area contributed by atoms with E-state index in [9.17, 15) is 4.79 Å². The van der Waals surface area contributed by atoms with Gasteiger partial charge < -0.3 is 14.0 Å². The third-order valence-electron chi connectivity index (χ3n) is 1.29. The molecule has 1 heterocycles. The number of ether oxygens (including phenoxy) is 2. The van der Waals surface area contributed by atoms with Gasteiger partial charge in [0.15, 0.2) is 0 Å². The average Bonchev–Trinajstić information content (AvgIpc) is 2.52. The molecule has 1 aromatic rings. The van der Waals surface area contributed by atoms with E-state index in [2.05, 4.69) is 14.4 Å². The van der Waals surface area contributed by atoms with E-state index in [1.807, 2.05) is 0 Å². The monoisotopic (exact) mass is 171 g/mol. The Morgan fingerprint density at radius 2 is 2.42 bits per heavy atom. The lowest BCUT2D eigenvalue weighted by atomic mass is 10.3. The van der Waals surface area contributed by atoms with Gasteiger partial charge in [-0.15, -0.1) is 0 Å². The van der Waals surface area contributed by atoms with Gasteiger partial charge in [-0.05, 0) is 0 Å². The summed E-state index contributed by atoms with van der Waals surface area (Å²) < 4.78 is 13.8. The number of esters is 1. The lowest BCUT2D eigenvalue weighted by Crippen LogP contribution is -2.04. The summed E-state index contributed by atoms with van der Waals surface area (Å²) in [6.07, 6.45) is 0.101. The van der Waals surface area contributed by atoms with Crippen molar-refractivity contribution in [2.24, 2.45) is 0 Å². The van der Waals surface area contributed by atoms with Crippen molar-refractivity contribution in [2.45, 2.75) is 6.42 Å². The predicted molar refractivity (Wildman–Crippen MR) is 38.8 cm³/mol. The van der Waals surface area contributed by atoms with E-state index >= 15 is 0 Å². The molecular weight excluding hydrogens is 162 g/mol. The summed E-state index contributed by atoms with van der Waals surface area (Å²) in [4.78, 5) is 10.7. The summed E-state index contributed by atoms with van der Waals surface area (Å²) in [5, 5.41) is 3.57. The first-order valence-electron chi connectivity index (χ1n) is 3.32. The van der Waals surface area contributed by atoms with Crippen molar-refractivity contribution in [3.63, 3.8) is 0 Å². The summed E-state index contributed by atoms with van der Waals surface area (Å²) in [5.41, 5.74) is 0.499. The van der Waals surface area contributed by atoms with Crippen molar-refractivity contribution >= 4 is 5.97 Å². The summed E-state index contributed by atoms with van der Waals surface area (Å²) in [6.45, 7) is 0. The molecule has 0 N–H and O–H groups in total. The largest absolute Gasteiger partial charge is 0.469 e. The Bertz CT molecular complexity index is 268. The van der Waals surface area contributed by atoms with Crippen LogP contribution in [-0.2, 0) is 16.0 Å². The molecule has 5 nitrogen and oxygen atoms in total. The van der Waals surface area contributed by atoms with Crippen LogP contribution in [0, 0.1) is 0 Å². The highest BCUT2D eigenvalue weighted by Crippen LogP contribution is 2.11. The van der Waals surface area contributed by atoms with Crippen molar-refractivity contribution in [3.8, 4) is 5.95 Å². The first kappa shape index (κ1) is 8.58. The summed E-state index contributed by atoms with van der Waals surface area (Å²) >= 11 is 0. The first-order valence-corrected chi connectivity index (χ1v) is 3.32. The maximum Gasteiger partial charge on any atom is 0.311 e. The van der Waals surface area contributed by atoms with Gasteiger partial charge in [-0.3, -0.25) is 4.79 Å². The zero-order chi connectivity index (χ0) is 8.97. The number of hydrogen-bond acceptors (Lipinski definition) is 5. The highest BCUT2D eigenvalue weighted by molar-refractivity contribution is 5.71. The van der Waals surface area contributed by atoms with Crippen molar-refractivity contribution in [1.82, 2.24) is 5.16 Å². The Labute approximate surface area is 69.2 Å². The molecule has 1 aromatic heterocycles. The van der Waals surface area contributed by atoms with Gasteiger partial charge in [0.1, 0.15) is 0 Å². The fraction of sp³-hybridized carbons (Fsp3) is 0.429. The normalized spacial score (nSPS) is 9.50. The second kappa shape index (κ2) is 3.75. The van der Waals surface area contributed by atoms with E-state index in [-0.39, 0.29) is 18.3 Å². The van der Waals surface area contributed by atoms with Crippen LogP contribution in [0.1, 0.15) is 5.69 Å². The molecule has 0 atom stereocenters. The number of hydrogen-bond donors (Lipinski definition) is 0. The van der Waals surface area contributed by atoms with Gasteiger partial charge in [-0.2, -0.15) is 0 Å². The van der Waals surface area contributed by atoms with Gasteiger partial charge in [0.25, 0.3) is 0 Å². The van der Waals surface area contributed by atoms with Gasteiger partial charge in [0.05, 0.1) is 26.3 Å². The fourth-order valence-electron chi connectivity index (χ4n) is 0.692. The molecule has 0 unspecified atom stereocenters. The van der Waals surface area contributed by atoms with Crippen LogP contribution in [0.15, 0.2) is 10.6 Å². The van der Waals surface area contributed by atoms with Crippen molar-refractivity contribution < 1.29 is 18.8 Å². The Hall–Kier alpha value is -1.52. The molecule has 0 aromatic carbocycles. The molecule has 0 spiro atoms. The molecule has 0 saturated carbocycles. The third-order valence-corrected chi connectivity index (χ3v) is 1.29. The second-order valence-corrected chi connectivity index (χ2v) is 2.09. The van der Waals surface area contributed by atoms with E-state index in [1.54, 1.807) is 0 Å². The molecule has 12 heavy (non-hydrogen) atoms. The van der Waals surface area contributed by atoms with E-state index in [1.165, 1.54) is 20.3 Å². The van der Waals surface area contributed by atoms with Crippen LogP contribution in [0.5, 0.6) is 5.95 Å². The van der Waals surface area contributed by atoms with Crippen LogP contribution in [0.2, 0.25) is 0 Å². The Morgan fingerprint density at radius 3 is 2.92 bits per heavy atom. The maximum absolute atomic E-state index is 10.7. The zero-order valence-corrected chi connectivity index (χ0v) is 6.86. The molecule has 0 amide bonds. The zero-order valence-electron chi connectivity index (χ0n) is 6.86.